The average molecular weight is 230 g/mol. The molecule has 0 bridgehead atoms. The number of para-hydroxylation sites is 3. The minimum absolute atomic E-state index is 0.360. The van der Waals surface area contributed by atoms with Gasteiger partial charge >= 0.3 is 0 Å². The van der Waals surface area contributed by atoms with Crippen molar-refractivity contribution in [2.45, 2.75) is 6.92 Å². The Hall–Kier alpha value is -2.16. The van der Waals surface area contributed by atoms with Crippen LogP contribution in [0.15, 0.2) is 48.5 Å². The van der Waals surface area contributed by atoms with E-state index in [1.807, 2.05) is 49.4 Å². The molecule has 0 aromatic heterocycles. The van der Waals surface area contributed by atoms with E-state index in [0.717, 1.165) is 17.1 Å². The minimum atomic E-state index is 0.360. The molecule has 0 aliphatic carbocycles. The lowest BCUT2D eigenvalue weighted by Crippen LogP contribution is -1.92. The van der Waals surface area contributed by atoms with Crippen molar-refractivity contribution in [2.75, 3.05) is 6.79 Å². The van der Waals surface area contributed by atoms with Crippen molar-refractivity contribution in [3.8, 4) is 17.2 Å². The summed E-state index contributed by atoms with van der Waals surface area (Å²) in [5.74, 6) is 2.06. The zero-order valence-corrected chi connectivity index (χ0v) is 9.59. The Morgan fingerprint density at radius 1 is 0.882 bits per heavy atom. The molecule has 3 rings (SSSR count). The summed E-state index contributed by atoms with van der Waals surface area (Å²) in [5, 5.41) is 8.92. The maximum Gasteiger partial charge on any atom is 0.231 e. The maximum absolute atomic E-state index is 8.92. The number of rotatable bonds is 0. The number of hydrogen-bond acceptors (Lipinski definition) is 3. The Bertz CT molecular complexity index is 450. The highest BCUT2D eigenvalue weighted by Gasteiger charge is 2.09. The van der Waals surface area contributed by atoms with Gasteiger partial charge in [0.1, 0.15) is 5.75 Å². The Morgan fingerprint density at radius 2 is 1.41 bits per heavy atom. The number of aromatic hydroxyl groups is 1. The lowest BCUT2D eigenvalue weighted by Gasteiger charge is -1.92. The van der Waals surface area contributed by atoms with Crippen LogP contribution in [0.5, 0.6) is 17.2 Å². The van der Waals surface area contributed by atoms with Crippen LogP contribution >= 0.6 is 0 Å². The Labute approximate surface area is 100 Å². The molecule has 1 aliphatic heterocycles. The van der Waals surface area contributed by atoms with Crippen molar-refractivity contribution in [1.82, 2.24) is 0 Å². The van der Waals surface area contributed by atoms with Gasteiger partial charge in [-0.1, -0.05) is 30.3 Å². The van der Waals surface area contributed by atoms with E-state index in [-0.39, 0.29) is 0 Å². The third kappa shape index (κ3) is 2.91. The predicted molar refractivity (Wildman–Crippen MR) is 65.4 cm³/mol. The van der Waals surface area contributed by atoms with Crippen LogP contribution in [0.3, 0.4) is 0 Å². The first-order valence-corrected chi connectivity index (χ1v) is 5.36. The van der Waals surface area contributed by atoms with Gasteiger partial charge < -0.3 is 14.6 Å². The van der Waals surface area contributed by atoms with E-state index in [1.165, 1.54) is 0 Å². The summed E-state index contributed by atoms with van der Waals surface area (Å²) in [6.07, 6.45) is 0. The first-order chi connectivity index (χ1) is 8.27. The lowest BCUT2D eigenvalue weighted by atomic mass is 10.2. The molecule has 0 spiro atoms. The van der Waals surface area contributed by atoms with Crippen LogP contribution in [-0.2, 0) is 0 Å². The summed E-state index contributed by atoms with van der Waals surface area (Å²) in [7, 11) is 0. The Balaban J connectivity index is 0.000000128. The van der Waals surface area contributed by atoms with Crippen molar-refractivity contribution in [3.63, 3.8) is 0 Å². The molecule has 3 heteroatoms. The molecule has 1 N–H and O–H groups in total. The fourth-order valence-corrected chi connectivity index (χ4v) is 1.41. The second-order valence-corrected chi connectivity index (χ2v) is 3.64. The van der Waals surface area contributed by atoms with E-state index >= 15 is 0 Å². The average Bonchev–Trinajstić information content (AvgIpc) is 2.82. The van der Waals surface area contributed by atoms with E-state index in [1.54, 1.807) is 6.07 Å². The fraction of sp³-hybridized carbons (Fsp3) is 0.143. The first-order valence-electron chi connectivity index (χ1n) is 5.36. The first kappa shape index (κ1) is 11.3. The van der Waals surface area contributed by atoms with Crippen LogP contribution in [0.4, 0.5) is 0 Å². The quantitative estimate of drug-likeness (QED) is 0.755. The standard InChI is InChI=1S/C7H6O2.C7H8O/c1-2-4-7-6(3-1)8-5-9-7;1-6-4-2-3-5-7(6)8/h1-4H,5H2;2-5,8H,1H3. The van der Waals surface area contributed by atoms with Crippen LogP contribution in [0.2, 0.25) is 0 Å². The third-order valence-corrected chi connectivity index (χ3v) is 2.39. The molecule has 0 amide bonds. The molecule has 0 fully saturated rings. The number of phenolic OH excluding ortho intramolecular Hbond substituents is 1. The van der Waals surface area contributed by atoms with E-state index in [0.29, 0.717) is 12.5 Å². The number of hydrogen-bond donors (Lipinski definition) is 1. The number of fused-ring (bicyclic) bond motifs is 1. The predicted octanol–water partition coefficient (Wildman–Crippen LogP) is 3.12. The van der Waals surface area contributed by atoms with E-state index in [2.05, 4.69) is 0 Å². The van der Waals surface area contributed by atoms with Crippen LogP contribution < -0.4 is 9.47 Å². The van der Waals surface area contributed by atoms with Gasteiger partial charge in [0.15, 0.2) is 11.5 Å². The van der Waals surface area contributed by atoms with Crippen LogP contribution in [0, 0.1) is 6.92 Å². The van der Waals surface area contributed by atoms with Gasteiger partial charge in [-0.3, -0.25) is 0 Å². The lowest BCUT2D eigenvalue weighted by molar-refractivity contribution is 0.174. The summed E-state index contributed by atoms with van der Waals surface area (Å²) >= 11 is 0. The molecule has 1 aliphatic rings. The van der Waals surface area contributed by atoms with Gasteiger partial charge in [-0.15, -0.1) is 0 Å². The van der Waals surface area contributed by atoms with Crippen molar-refractivity contribution < 1.29 is 14.6 Å². The van der Waals surface area contributed by atoms with E-state index < -0.39 is 0 Å². The molecule has 17 heavy (non-hydrogen) atoms. The van der Waals surface area contributed by atoms with Crippen LogP contribution in [0.25, 0.3) is 0 Å². The molecule has 2 aromatic carbocycles. The van der Waals surface area contributed by atoms with Crippen molar-refractivity contribution in [3.05, 3.63) is 54.1 Å². The zero-order chi connectivity index (χ0) is 12.1. The molecule has 3 nitrogen and oxygen atoms in total. The van der Waals surface area contributed by atoms with Gasteiger partial charge in [0.2, 0.25) is 6.79 Å². The zero-order valence-electron chi connectivity index (χ0n) is 9.59. The highest BCUT2D eigenvalue weighted by molar-refractivity contribution is 5.40. The maximum atomic E-state index is 8.92. The van der Waals surface area contributed by atoms with Crippen molar-refractivity contribution in [1.29, 1.82) is 0 Å². The second kappa shape index (κ2) is 5.25. The number of benzene rings is 2. The minimum Gasteiger partial charge on any atom is -0.508 e. The van der Waals surface area contributed by atoms with Gasteiger partial charge in [0.05, 0.1) is 0 Å². The summed E-state index contributed by atoms with van der Waals surface area (Å²) in [6.45, 7) is 2.23. The van der Waals surface area contributed by atoms with Crippen molar-refractivity contribution in [2.24, 2.45) is 0 Å². The largest absolute Gasteiger partial charge is 0.508 e. The molecule has 1 heterocycles. The third-order valence-electron chi connectivity index (χ3n) is 2.39. The number of aryl methyl sites for hydroxylation is 1. The van der Waals surface area contributed by atoms with Crippen LogP contribution in [0.1, 0.15) is 5.56 Å². The Kier molecular flexibility index (Phi) is 3.50. The van der Waals surface area contributed by atoms with Gasteiger partial charge in [-0.2, -0.15) is 0 Å². The monoisotopic (exact) mass is 230 g/mol. The molecule has 88 valence electrons. The molecular formula is C14H14O3. The molecule has 2 aromatic rings. The smallest absolute Gasteiger partial charge is 0.231 e. The van der Waals surface area contributed by atoms with Gasteiger partial charge in [0, 0.05) is 0 Å². The van der Waals surface area contributed by atoms with Crippen LogP contribution in [-0.4, -0.2) is 11.9 Å². The topological polar surface area (TPSA) is 38.7 Å². The summed E-state index contributed by atoms with van der Waals surface area (Å²) in [5.41, 5.74) is 0.924. The molecular weight excluding hydrogens is 216 g/mol. The SMILES string of the molecule is Cc1ccccc1O.c1ccc2c(c1)OCO2. The molecule has 0 unspecified atom stereocenters. The molecule has 0 saturated heterocycles. The second-order valence-electron chi connectivity index (χ2n) is 3.64. The van der Waals surface area contributed by atoms with E-state index in [9.17, 15) is 0 Å². The summed E-state index contributed by atoms with van der Waals surface area (Å²) in [6, 6.07) is 14.9. The summed E-state index contributed by atoms with van der Waals surface area (Å²) < 4.78 is 10.2. The van der Waals surface area contributed by atoms with Gasteiger partial charge in [-0.05, 0) is 30.7 Å². The molecule has 0 atom stereocenters. The van der Waals surface area contributed by atoms with Gasteiger partial charge in [0.25, 0.3) is 0 Å². The summed E-state index contributed by atoms with van der Waals surface area (Å²) in [4.78, 5) is 0. The van der Waals surface area contributed by atoms with E-state index in [4.69, 9.17) is 14.6 Å². The highest BCUT2D eigenvalue weighted by atomic mass is 16.7. The fourth-order valence-electron chi connectivity index (χ4n) is 1.41. The van der Waals surface area contributed by atoms with Crippen molar-refractivity contribution >= 4 is 0 Å². The number of ether oxygens (including phenoxy) is 2. The highest BCUT2D eigenvalue weighted by Crippen LogP contribution is 2.30. The van der Waals surface area contributed by atoms with Gasteiger partial charge in [-0.25, -0.2) is 0 Å². The molecule has 0 saturated carbocycles. The Morgan fingerprint density at radius 3 is 1.88 bits per heavy atom. The molecule has 0 radical (unpaired) electrons. The number of phenols is 1. The normalized spacial score (nSPS) is 11.6.